The van der Waals surface area contributed by atoms with Gasteiger partial charge in [0.05, 0.1) is 18.0 Å². The molecule has 0 saturated heterocycles. The zero-order valence-corrected chi connectivity index (χ0v) is 19.7. The molecule has 0 saturated carbocycles. The number of ether oxygens (including phenoxy) is 1. The summed E-state index contributed by atoms with van der Waals surface area (Å²) in [6, 6.07) is 31.8. The van der Waals surface area contributed by atoms with Crippen molar-refractivity contribution in [1.82, 2.24) is 14.8 Å². The van der Waals surface area contributed by atoms with Gasteiger partial charge in [-0.15, -0.1) is 5.10 Å². The summed E-state index contributed by atoms with van der Waals surface area (Å²) in [4.78, 5) is 16.5. The standard InChI is InChI=1S/C27H19Cl2N3O2/c1-34-26-23-21(17-22(28)30-24(23)25(29)33)32(31-26)27(18-11-5-2-6-12-18,19-13-7-3-8-14-19)20-15-9-4-10-16-20/h2-17H,1H3. The minimum Gasteiger partial charge on any atom is -0.479 e. The first-order chi connectivity index (χ1) is 16.6. The van der Waals surface area contributed by atoms with Gasteiger partial charge in [0.1, 0.15) is 16.4 Å². The first-order valence-corrected chi connectivity index (χ1v) is 11.3. The zero-order valence-electron chi connectivity index (χ0n) is 18.2. The molecule has 0 aliphatic carbocycles. The van der Waals surface area contributed by atoms with Crippen molar-refractivity contribution < 1.29 is 9.53 Å². The number of nitrogens with zero attached hydrogens (tertiary/aromatic N) is 3. The second kappa shape index (κ2) is 8.93. The highest BCUT2D eigenvalue weighted by Crippen LogP contribution is 2.44. The first kappa shape index (κ1) is 22.1. The van der Waals surface area contributed by atoms with Gasteiger partial charge in [0.25, 0.3) is 5.24 Å². The Morgan fingerprint density at radius 1 is 0.853 bits per heavy atom. The van der Waals surface area contributed by atoms with Crippen LogP contribution in [-0.4, -0.2) is 27.1 Å². The zero-order chi connectivity index (χ0) is 23.7. The fourth-order valence-electron chi connectivity index (χ4n) is 4.52. The van der Waals surface area contributed by atoms with Crippen LogP contribution in [0.5, 0.6) is 5.88 Å². The van der Waals surface area contributed by atoms with E-state index in [0.717, 1.165) is 16.7 Å². The topological polar surface area (TPSA) is 57.0 Å². The molecule has 0 atom stereocenters. The summed E-state index contributed by atoms with van der Waals surface area (Å²) in [6.07, 6.45) is 0. The lowest BCUT2D eigenvalue weighted by molar-refractivity contribution is 0.107. The molecule has 5 aromatic rings. The molecule has 5 nitrogen and oxygen atoms in total. The van der Waals surface area contributed by atoms with Crippen LogP contribution in [0.2, 0.25) is 5.15 Å². The lowest BCUT2D eigenvalue weighted by Gasteiger charge is -2.36. The highest BCUT2D eigenvalue weighted by molar-refractivity contribution is 6.68. The summed E-state index contributed by atoms with van der Waals surface area (Å²) in [7, 11) is 1.50. The maximum atomic E-state index is 12.3. The molecule has 34 heavy (non-hydrogen) atoms. The van der Waals surface area contributed by atoms with Crippen LogP contribution in [0.1, 0.15) is 27.2 Å². The molecule has 0 fully saturated rings. The summed E-state index contributed by atoms with van der Waals surface area (Å²) in [5.74, 6) is 0.232. The number of hydrogen-bond donors (Lipinski definition) is 0. The van der Waals surface area contributed by atoms with Crippen molar-refractivity contribution in [3.05, 3.63) is 125 Å². The van der Waals surface area contributed by atoms with Crippen LogP contribution < -0.4 is 4.74 Å². The van der Waals surface area contributed by atoms with Gasteiger partial charge in [-0.2, -0.15) is 0 Å². The van der Waals surface area contributed by atoms with E-state index >= 15 is 0 Å². The van der Waals surface area contributed by atoms with Crippen molar-refractivity contribution in [2.45, 2.75) is 5.54 Å². The molecule has 0 spiro atoms. The maximum Gasteiger partial charge on any atom is 0.271 e. The van der Waals surface area contributed by atoms with Crippen molar-refractivity contribution in [1.29, 1.82) is 0 Å². The molecule has 168 valence electrons. The Bertz CT molecular complexity index is 1370. The average molecular weight is 488 g/mol. The number of rotatable bonds is 6. The summed E-state index contributed by atoms with van der Waals surface area (Å²) in [5.41, 5.74) is 2.53. The van der Waals surface area contributed by atoms with E-state index in [1.54, 1.807) is 6.07 Å². The number of halogens is 2. The van der Waals surface area contributed by atoms with Gasteiger partial charge in [-0.3, -0.25) is 4.79 Å². The van der Waals surface area contributed by atoms with Crippen LogP contribution in [0, 0.1) is 0 Å². The predicted octanol–water partition coefficient (Wildman–Crippen LogP) is 6.31. The van der Waals surface area contributed by atoms with Gasteiger partial charge in [-0.25, -0.2) is 9.67 Å². The van der Waals surface area contributed by atoms with Gasteiger partial charge in [0.15, 0.2) is 0 Å². The molecule has 2 aromatic heterocycles. The van der Waals surface area contributed by atoms with Gasteiger partial charge in [-0.1, -0.05) is 103 Å². The number of carbonyl (C=O) groups excluding carboxylic acids is 1. The van der Waals surface area contributed by atoms with Gasteiger partial charge < -0.3 is 4.74 Å². The summed E-state index contributed by atoms with van der Waals surface area (Å²) in [6.45, 7) is 0. The first-order valence-electron chi connectivity index (χ1n) is 10.6. The number of aromatic nitrogens is 3. The van der Waals surface area contributed by atoms with Crippen LogP contribution in [0.15, 0.2) is 97.1 Å². The van der Waals surface area contributed by atoms with Crippen molar-refractivity contribution in [3.8, 4) is 5.88 Å². The number of pyridine rings is 1. The van der Waals surface area contributed by atoms with Crippen LogP contribution in [0.25, 0.3) is 10.9 Å². The largest absolute Gasteiger partial charge is 0.479 e. The van der Waals surface area contributed by atoms with Crippen LogP contribution >= 0.6 is 23.2 Å². The summed E-state index contributed by atoms with van der Waals surface area (Å²) >= 11 is 12.3. The third kappa shape index (κ3) is 3.45. The van der Waals surface area contributed by atoms with E-state index in [-0.39, 0.29) is 16.7 Å². The molecule has 0 N–H and O–H groups in total. The SMILES string of the molecule is COc1nn(C(c2ccccc2)(c2ccccc2)c2ccccc2)c2cc(Cl)nc(C(=O)Cl)c12. The van der Waals surface area contributed by atoms with E-state index in [4.69, 9.17) is 33.0 Å². The van der Waals surface area contributed by atoms with Crippen LogP contribution in [0.3, 0.4) is 0 Å². The van der Waals surface area contributed by atoms with Gasteiger partial charge >= 0.3 is 0 Å². The molecule has 3 aromatic carbocycles. The molecule has 0 aliphatic rings. The number of methoxy groups -OCH3 is 1. The Morgan fingerprint density at radius 3 is 1.74 bits per heavy atom. The highest BCUT2D eigenvalue weighted by Gasteiger charge is 2.41. The lowest BCUT2D eigenvalue weighted by Crippen LogP contribution is -2.38. The van der Waals surface area contributed by atoms with Crippen LogP contribution in [-0.2, 0) is 5.54 Å². The molecular formula is C27H19Cl2N3O2. The molecule has 0 bridgehead atoms. The Balaban J connectivity index is 2.02. The van der Waals surface area contributed by atoms with Crippen molar-refractivity contribution in [2.75, 3.05) is 7.11 Å². The third-order valence-electron chi connectivity index (χ3n) is 5.87. The normalized spacial score (nSPS) is 11.5. The molecule has 2 heterocycles. The Kier molecular flexibility index (Phi) is 5.82. The van der Waals surface area contributed by atoms with E-state index in [2.05, 4.69) is 41.4 Å². The van der Waals surface area contributed by atoms with Crippen molar-refractivity contribution in [2.24, 2.45) is 0 Å². The monoisotopic (exact) mass is 487 g/mol. The Hall–Kier alpha value is -3.67. The molecule has 0 unspecified atom stereocenters. The summed E-state index contributed by atoms with van der Waals surface area (Å²) < 4.78 is 7.46. The van der Waals surface area contributed by atoms with Gasteiger partial charge in [0.2, 0.25) is 5.88 Å². The number of carbonyl (C=O) groups is 1. The lowest BCUT2D eigenvalue weighted by atomic mass is 9.77. The number of hydrogen-bond acceptors (Lipinski definition) is 4. The maximum absolute atomic E-state index is 12.3. The highest BCUT2D eigenvalue weighted by atomic mass is 35.5. The van der Waals surface area contributed by atoms with Crippen LogP contribution in [0.4, 0.5) is 0 Å². The third-order valence-corrected chi connectivity index (χ3v) is 6.24. The molecule has 7 heteroatoms. The van der Waals surface area contributed by atoms with Gasteiger partial charge in [0, 0.05) is 6.07 Å². The number of benzene rings is 3. The molecule has 0 amide bonds. The quantitative estimate of drug-likeness (QED) is 0.160. The molecule has 0 radical (unpaired) electrons. The second-order valence-electron chi connectivity index (χ2n) is 7.69. The van der Waals surface area contributed by atoms with Gasteiger partial charge in [-0.05, 0) is 28.3 Å². The van der Waals surface area contributed by atoms with E-state index in [1.165, 1.54) is 7.11 Å². The molecule has 5 rings (SSSR count). The average Bonchev–Trinajstić information content (AvgIpc) is 3.24. The minimum absolute atomic E-state index is 0.00430. The van der Waals surface area contributed by atoms with E-state index < -0.39 is 10.8 Å². The Labute approximate surface area is 206 Å². The number of fused-ring (bicyclic) bond motifs is 1. The van der Waals surface area contributed by atoms with E-state index in [0.29, 0.717) is 10.9 Å². The molecule has 0 aliphatic heterocycles. The Morgan fingerprint density at radius 2 is 1.32 bits per heavy atom. The smallest absolute Gasteiger partial charge is 0.271 e. The second-order valence-corrected chi connectivity index (χ2v) is 8.42. The summed E-state index contributed by atoms with van der Waals surface area (Å²) in [5, 5.41) is 4.67. The van der Waals surface area contributed by atoms with Crippen molar-refractivity contribution in [3.63, 3.8) is 0 Å². The van der Waals surface area contributed by atoms with E-state index in [9.17, 15) is 4.79 Å². The predicted molar refractivity (Wildman–Crippen MR) is 134 cm³/mol. The molecular weight excluding hydrogens is 469 g/mol. The minimum atomic E-state index is -0.921. The van der Waals surface area contributed by atoms with Crippen molar-refractivity contribution >= 4 is 39.3 Å². The fourth-order valence-corrected chi connectivity index (χ4v) is 4.84. The van der Waals surface area contributed by atoms with E-state index in [1.807, 2.05) is 59.3 Å². The fraction of sp³-hybridized carbons (Fsp3) is 0.0741.